The predicted octanol–water partition coefficient (Wildman–Crippen LogP) is 0.945. The highest BCUT2D eigenvalue weighted by Gasteiger charge is 2.48. The second kappa shape index (κ2) is 6.18. The molecule has 1 heterocycles. The second-order valence-electron chi connectivity index (χ2n) is 5.28. The van der Waals surface area contributed by atoms with Crippen molar-refractivity contribution in [3.63, 3.8) is 0 Å². The molecule has 1 saturated heterocycles. The third kappa shape index (κ3) is 3.02. The molecule has 104 valence electrons. The first-order valence-corrected chi connectivity index (χ1v) is 6.66. The molecule has 1 fully saturated rings. The largest absolute Gasteiger partial charge is 0.481 e. The highest BCUT2D eigenvalue weighted by atomic mass is 16.4. The molecule has 1 aliphatic heterocycles. The van der Waals surface area contributed by atoms with E-state index >= 15 is 0 Å². The standard InChI is InChI=1S/C13H24N2O3/c1-4-14-7-5-11(16)15-8-6-13(9-15,10(2)3)12(17)18/h10,14H,4-9H2,1-3H3,(H,17,18). The number of nitrogens with one attached hydrogen (secondary N) is 1. The van der Waals surface area contributed by atoms with E-state index in [9.17, 15) is 14.7 Å². The van der Waals surface area contributed by atoms with E-state index in [1.54, 1.807) is 4.90 Å². The lowest BCUT2D eigenvalue weighted by molar-refractivity contribution is -0.151. The zero-order chi connectivity index (χ0) is 13.8. The molecule has 1 rings (SSSR count). The SMILES string of the molecule is CCNCCC(=O)N1CCC(C(=O)O)(C(C)C)C1. The van der Waals surface area contributed by atoms with Gasteiger partial charge in [-0.15, -0.1) is 0 Å². The monoisotopic (exact) mass is 256 g/mol. The third-order valence-electron chi connectivity index (χ3n) is 3.95. The Morgan fingerprint density at radius 2 is 2.11 bits per heavy atom. The molecule has 0 aromatic rings. The summed E-state index contributed by atoms with van der Waals surface area (Å²) in [7, 11) is 0. The molecule has 0 radical (unpaired) electrons. The van der Waals surface area contributed by atoms with Gasteiger partial charge in [-0.25, -0.2) is 0 Å². The first kappa shape index (κ1) is 15.0. The lowest BCUT2D eigenvalue weighted by Gasteiger charge is -2.28. The van der Waals surface area contributed by atoms with Crippen LogP contribution in [0.5, 0.6) is 0 Å². The normalized spacial score (nSPS) is 23.7. The van der Waals surface area contributed by atoms with Crippen molar-refractivity contribution in [1.29, 1.82) is 0 Å². The van der Waals surface area contributed by atoms with Gasteiger partial charge in [0.15, 0.2) is 0 Å². The van der Waals surface area contributed by atoms with Gasteiger partial charge in [0.05, 0.1) is 5.41 Å². The number of carboxylic acids is 1. The van der Waals surface area contributed by atoms with Crippen molar-refractivity contribution in [3.05, 3.63) is 0 Å². The highest BCUT2D eigenvalue weighted by molar-refractivity contribution is 5.81. The molecule has 0 aromatic heterocycles. The number of nitrogens with zero attached hydrogens (tertiary/aromatic N) is 1. The average molecular weight is 256 g/mol. The molecule has 5 nitrogen and oxygen atoms in total. The maximum absolute atomic E-state index is 11.9. The molecule has 2 N–H and O–H groups in total. The summed E-state index contributed by atoms with van der Waals surface area (Å²) in [6.45, 7) is 8.25. The first-order chi connectivity index (χ1) is 8.44. The van der Waals surface area contributed by atoms with Crippen LogP contribution in [0.1, 0.15) is 33.6 Å². The molecule has 5 heteroatoms. The lowest BCUT2D eigenvalue weighted by atomic mass is 9.76. The van der Waals surface area contributed by atoms with Gasteiger partial charge in [-0.05, 0) is 18.9 Å². The minimum Gasteiger partial charge on any atom is -0.481 e. The van der Waals surface area contributed by atoms with Gasteiger partial charge in [0, 0.05) is 26.1 Å². The quantitative estimate of drug-likeness (QED) is 0.694. The van der Waals surface area contributed by atoms with Crippen LogP contribution in [0.3, 0.4) is 0 Å². The Morgan fingerprint density at radius 1 is 1.44 bits per heavy atom. The number of carbonyl (C=O) groups is 2. The Balaban J connectivity index is 2.58. The van der Waals surface area contributed by atoms with Crippen LogP contribution >= 0.6 is 0 Å². The molecule has 0 bridgehead atoms. The Labute approximate surface area is 109 Å². The zero-order valence-electron chi connectivity index (χ0n) is 11.5. The van der Waals surface area contributed by atoms with Crippen molar-refractivity contribution in [1.82, 2.24) is 10.2 Å². The van der Waals surface area contributed by atoms with E-state index in [2.05, 4.69) is 5.32 Å². The van der Waals surface area contributed by atoms with E-state index in [1.165, 1.54) is 0 Å². The summed E-state index contributed by atoms with van der Waals surface area (Å²) in [5.41, 5.74) is -0.756. The Morgan fingerprint density at radius 3 is 2.56 bits per heavy atom. The summed E-state index contributed by atoms with van der Waals surface area (Å²) in [5, 5.41) is 12.5. The minimum absolute atomic E-state index is 0.0431. The number of amides is 1. The van der Waals surface area contributed by atoms with Crippen LogP contribution < -0.4 is 5.32 Å². The predicted molar refractivity (Wildman–Crippen MR) is 69.3 cm³/mol. The van der Waals surface area contributed by atoms with E-state index in [0.717, 1.165) is 6.54 Å². The van der Waals surface area contributed by atoms with Crippen molar-refractivity contribution in [2.45, 2.75) is 33.6 Å². The number of hydrogen-bond acceptors (Lipinski definition) is 3. The van der Waals surface area contributed by atoms with Gasteiger partial charge in [0.1, 0.15) is 0 Å². The zero-order valence-corrected chi connectivity index (χ0v) is 11.5. The van der Waals surface area contributed by atoms with Crippen molar-refractivity contribution in [2.24, 2.45) is 11.3 Å². The number of aliphatic carboxylic acids is 1. The molecule has 1 amide bonds. The van der Waals surface area contributed by atoms with Gasteiger partial charge < -0.3 is 15.3 Å². The van der Waals surface area contributed by atoms with E-state index in [-0.39, 0.29) is 11.8 Å². The fourth-order valence-electron chi connectivity index (χ4n) is 2.47. The lowest BCUT2D eigenvalue weighted by Crippen LogP contribution is -2.41. The fraction of sp³-hybridized carbons (Fsp3) is 0.846. The van der Waals surface area contributed by atoms with Crippen LogP contribution in [0, 0.1) is 11.3 Å². The van der Waals surface area contributed by atoms with Gasteiger partial charge >= 0.3 is 5.97 Å². The van der Waals surface area contributed by atoms with Crippen LogP contribution in [0.4, 0.5) is 0 Å². The average Bonchev–Trinajstić information content (AvgIpc) is 2.75. The number of carbonyl (C=O) groups excluding carboxylic acids is 1. The topological polar surface area (TPSA) is 69.6 Å². The van der Waals surface area contributed by atoms with Gasteiger partial charge in [-0.1, -0.05) is 20.8 Å². The van der Waals surface area contributed by atoms with E-state index in [0.29, 0.717) is 32.5 Å². The Bertz CT molecular complexity index is 317. The second-order valence-corrected chi connectivity index (χ2v) is 5.28. The van der Waals surface area contributed by atoms with Crippen LogP contribution in [-0.4, -0.2) is 48.1 Å². The summed E-state index contributed by atoms with van der Waals surface area (Å²) < 4.78 is 0. The molecular weight excluding hydrogens is 232 g/mol. The number of hydrogen-bond donors (Lipinski definition) is 2. The maximum Gasteiger partial charge on any atom is 0.311 e. The van der Waals surface area contributed by atoms with Crippen molar-refractivity contribution in [2.75, 3.05) is 26.2 Å². The molecule has 18 heavy (non-hydrogen) atoms. The molecule has 1 aliphatic rings. The Kier molecular flexibility index (Phi) is 5.14. The third-order valence-corrected chi connectivity index (χ3v) is 3.95. The molecule has 1 atom stereocenters. The van der Waals surface area contributed by atoms with Crippen LogP contribution in [0.25, 0.3) is 0 Å². The molecule has 0 aliphatic carbocycles. The highest BCUT2D eigenvalue weighted by Crippen LogP contribution is 2.38. The van der Waals surface area contributed by atoms with Crippen molar-refractivity contribution < 1.29 is 14.7 Å². The molecular formula is C13H24N2O3. The summed E-state index contributed by atoms with van der Waals surface area (Å²) in [4.78, 5) is 25.1. The Hall–Kier alpha value is -1.10. The van der Waals surface area contributed by atoms with Crippen LogP contribution in [0.15, 0.2) is 0 Å². The van der Waals surface area contributed by atoms with Crippen LogP contribution in [0.2, 0.25) is 0 Å². The summed E-state index contributed by atoms with van der Waals surface area (Å²) >= 11 is 0. The number of rotatable bonds is 6. The summed E-state index contributed by atoms with van der Waals surface area (Å²) in [5.74, 6) is -0.680. The van der Waals surface area contributed by atoms with E-state index in [4.69, 9.17) is 0 Å². The smallest absolute Gasteiger partial charge is 0.311 e. The number of likely N-dealkylation sites (tertiary alicyclic amines) is 1. The van der Waals surface area contributed by atoms with Gasteiger partial charge in [-0.2, -0.15) is 0 Å². The maximum atomic E-state index is 11.9. The minimum atomic E-state index is -0.778. The van der Waals surface area contributed by atoms with E-state index in [1.807, 2.05) is 20.8 Å². The van der Waals surface area contributed by atoms with Crippen molar-refractivity contribution in [3.8, 4) is 0 Å². The van der Waals surface area contributed by atoms with E-state index < -0.39 is 11.4 Å². The summed E-state index contributed by atoms with van der Waals surface area (Å²) in [6.07, 6.45) is 1.01. The van der Waals surface area contributed by atoms with Gasteiger partial charge in [-0.3, -0.25) is 9.59 Å². The van der Waals surface area contributed by atoms with Gasteiger partial charge in [0.2, 0.25) is 5.91 Å². The van der Waals surface area contributed by atoms with Gasteiger partial charge in [0.25, 0.3) is 0 Å². The first-order valence-electron chi connectivity index (χ1n) is 6.66. The fourth-order valence-corrected chi connectivity index (χ4v) is 2.47. The van der Waals surface area contributed by atoms with Crippen LogP contribution in [-0.2, 0) is 9.59 Å². The summed E-state index contributed by atoms with van der Waals surface area (Å²) in [6, 6.07) is 0. The number of carboxylic acid groups (broad SMARTS) is 1. The van der Waals surface area contributed by atoms with Crippen molar-refractivity contribution >= 4 is 11.9 Å². The molecule has 1 unspecified atom stereocenters. The molecule has 0 saturated carbocycles. The molecule has 0 aromatic carbocycles. The molecule has 0 spiro atoms.